The number of rotatable bonds is 11. The van der Waals surface area contributed by atoms with Crippen LogP contribution < -0.4 is 10.6 Å². The number of aromatic amines is 2. The number of nitrogens with one attached hydrogen (secondary N) is 4. The molecule has 0 unspecified atom stereocenters. The zero-order valence-electron chi connectivity index (χ0n) is 35.6. The lowest BCUT2D eigenvalue weighted by Crippen LogP contribution is -2.42. The second-order valence-electron chi connectivity index (χ2n) is 15.9. The largest absolute Gasteiger partial charge is 0.456 e. The van der Waals surface area contributed by atoms with Crippen LogP contribution in [0.25, 0.3) is 44.8 Å². The van der Waals surface area contributed by atoms with E-state index in [9.17, 15) is 24.4 Å². The smallest absolute Gasteiger partial charge is 0.407 e. The van der Waals surface area contributed by atoms with E-state index >= 15 is 0 Å². The van der Waals surface area contributed by atoms with E-state index in [-0.39, 0.29) is 23.9 Å². The normalized spacial score (nSPS) is 16.8. The molecule has 2 aliphatic heterocycles. The van der Waals surface area contributed by atoms with Crippen molar-refractivity contribution in [2.24, 2.45) is 0 Å². The van der Waals surface area contributed by atoms with Gasteiger partial charge in [0.05, 0.1) is 55.5 Å². The summed E-state index contributed by atoms with van der Waals surface area (Å²) in [7, 11) is 2.53. The number of methoxy groups -OCH3 is 2. The summed E-state index contributed by atoms with van der Waals surface area (Å²) < 4.78 is 16.0. The number of hydrogen-bond donors (Lipinski definition) is 4. The Kier molecular flexibility index (Phi) is 11.8. The maximum atomic E-state index is 14.0. The lowest BCUT2D eigenvalue weighted by Gasteiger charge is -2.28. The van der Waals surface area contributed by atoms with Crippen LogP contribution in [0.3, 0.4) is 0 Å². The van der Waals surface area contributed by atoms with Crippen LogP contribution in [0.5, 0.6) is 0 Å². The van der Waals surface area contributed by atoms with Gasteiger partial charge in [-0.25, -0.2) is 19.6 Å². The average molecular weight is 872 g/mol. The molecule has 4 amide bonds. The van der Waals surface area contributed by atoms with Crippen molar-refractivity contribution in [2.75, 3.05) is 27.3 Å². The number of aromatic nitrogens is 4. The number of nitriles is 1. The van der Waals surface area contributed by atoms with E-state index in [0.717, 1.165) is 29.5 Å². The second kappa shape index (κ2) is 18.3. The van der Waals surface area contributed by atoms with Crippen molar-refractivity contribution >= 4 is 35.0 Å². The van der Waals surface area contributed by atoms with Crippen LogP contribution in [-0.2, 0) is 19.1 Å². The zero-order chi connectivity index (χ0) is 45.0. The Balaban J connectivity index is 0.915. The van der Waals surface area contributed by atoms with E-state index in [4.69, 9.17) is 23.9 Å². The summed E-state index contributed by atoms with van der Waals surface area (Å²) in [6.45, 7) is 1.01. The van der Waals surface area contributed by atoms with Crippen molar-refractivity contribution in [3.8, 4) is 39.9 Å². The topological polar surface area (TPSA) is 212 Å². The molecule has 0 saturated carbocycles. The van der Waals surface area contributed by atoms with Gasteiger partial charge in [-0.05, 0) is 73.2 Å². The van der Waals surface area contributed by atoms with Gasteiger partial charge in [0.2, 0.25) is 0 Å². The maximum absolute atomic E-state index is 14.0. The predicted octanol–water partition coefficient (Wildman–Crippen LogP) is 8.27. The number of nitrogens with zero attached hydrogens (tertiary/aromatic N) is 5. The molecule has 7 aromatic rings. The zero-order valence-corrected chi connectivity index (χ0v) is 35.6. The first-order chi connectivity index (χ1) is 31.7. The van der Waals surface area contributed by atoms with E-state index in [1.165, 1.54) is 14.2 Å². The van der Waals surface area contributed by atoms with Gasteiger partial charge in [-0.15, -0.1) is 0 Å². The highest BCUT2D eigenvalue weighted by molar-refractivity contribution is 5.90. The molecule has 2 fully saturated rings. The summed E-state index contributed by atoms with van der Waals surface area (Å²) in [5, 5.41) is 16.6. The van der Waals surface area contributed by atoms with Crippen molar-refractivity contribution in [1.29, 1.82) is 5.26 Å². The van der Waals surface area contributed by atoms with Gasteiger partial charge in [0.1, 0.15) is 35.1 Å². The van der Waals surface area contributed by atoms with Crippen molar-refractivity contribution in [3.05, 3.63) is 144 Å². The quantitative estimate of drug-likeness (QED) is 0.0977. The summed E-state index contributed by atoms with van der Waals surface area (Å²) in [4.78, 5) is 72.3. The molecular weight excluding hydrogens is 827 g/mol. The van der Waals surface area contributed by atoms with Crippen LogP contribution in [0.4, 0.5) is 9.59 Å². The fourth-order valence-corrected chi connectivity index (χ4v) is 8.84. The number of alkyl carbamates (subject to hydrolysis) is 2. The number of fused-ring (bicyclic) bond motifs is 1. The van der Waals surface area contributed by atoms with Gasteiger partial charge in [0.15, 0.2) is 0 Å². The number of ether oxygens (including phenoxy) is 2. The number of carbonyl (C=O) groups excluding carboxylic acids is 4. The number of amides is 4. The molecule has 9 rings (SSSR count). The van der Waals surface area contributed by atoms with Crippen LogP contribution in [-0.4, -0.2) is 81.0 Å². The molecule has 16 nitrogen and oxygen atoms in total. The summed E-state index contributed by atoms with van der Waals surface area (Å²) >= 11 is 0. The van der Waals surface area contributed by atoms with Crippen LogP contribution in [0.1, 0.15) is 78.2 Å². The minimum absolute atomic E-state index is 0.248. The molecule has 2 saturated heterocycles. The van der Waals surface area contributed by atoms with E-state index < -0.39 is 24.3 Å². The molecule has 4 aromatic carbocycles. The molecule has 0 aliphatic carbocycles. The molecule has 0 bridgehead atoms. The van der Waals surface area contributed by atoms with E-state index in [1.807, 2.05) is 72.8 Å². The summed E-state index contributed by atoms with van der Waals surface area (Å²) in [5.74, 6) is 1.26. The average Bonchev–Trinajstić information content (AvgIpc) is 4.21. The Labute approximate surface area is 373 Å². The number of H-pyrrole nitrogens is 2. The number of imidazole rings is 2. The lowest BCUT2D eigenvalue weighted by atomic mass is 10.0. The van der Waals surface area contributed by atoms with Crippen LogP contribution >= 0.6 is 0 Å². The second-order valence-corrected chi connectivity index (χ2v) is 15.9. The highest BCUT2D eigenvalue weighted by Crippen LogP contribution is 2.38. The molecule has 328 valence electrons. The van der Waals surface area contributed by atoms with Gasteiger partial charge in [-0.3, -0.25) is 9.59 Å². The first kappa shape index (κ1) is 42.1. The molecule has 3 aromatic heterocycles. The van der Waals surface area contributed by atoms with Crippen molar-refractivity contribution in [3.63, 3.8) is 0 Å². The Bertz CT molecular complexity index is 2920. The monoisotopic (exact) mass is 871 g/mol. The standard InChI is InChI=1S/C49H45N9O7/c1-63-48(61)55-42(29-11-5-3-6-12-29)46(59)57-21-9-15-38(57)44-51-27-36(53-44)31-17-19-35(34(24-31)26-50)41-25-33-23-32(18-20-40(33)65-41)37-28-52-45(54-37)39-16-10-22-58(39)47(60)43(56-49(62)64-2)30-13-7-4-8-14-30/h3-8,11-14,17-20,23-25,27-28,38-39,42-43H,9-10,15-16,21-22H2,1-2H3,(H,51,53)(H,52,54)(H,55,61)(H,56,62)/t38-,39-,42+,43+/m0/s1. The van der Waals surface area contributed by atoms with Gasteiger partial charge < -0.3 is 44.3 Å². The highest BCUT2D eigenvalue weighted by Gasteiger charge is 2.38. The minimum Gasteiger partial charge on any atom is -0.456 e. The van der Waals surface area contributed by atoms with Gasteiger partial charge in [0, 0.05) is 41.4 Å². The fraction of sp³-hybridized carbons (Fsp3) is 0.245. The third-order valence-electron chi connectivity index (χ3n) is 12.1. The Morgan fingerprint density at radius 3 is 1.97 bits per heavy atom. The van der Waals surface area contributed by atoms with Gasteiger partial charge in [-0.2, -0.15) is 5.26 Å². The first-order valence-corrected chi connectivity index (χ1v) is 21.3. The molecule has 4 atom stereocenters. The minimum atomic E-state index is -0.932. The van der Waals surface area contributed by atoms with Crippen LogP contribution in [0.2, 0.25) is 0 Å². The molecular formula is C49H45N9O7. The molecule has 5 heterocycles. The van der Waals surface area contributed by atoms with Gasteiger partial charge in [-0.1, -0.05) is 66.7 Å². The Hall–Kier alpha value is -8.19. The molecule has 0 radical (unpaired) electrons. The Morgan fingerprint density at radius 1 is 0.769 bits per heavy atom. The molecule has 2 aliphatic rings. The number of hydrogen-bond acceptors (Lipinski definition) is 10. The van der Waals surface area contributed by atoms with Gasteiger partial charge >= 0.3 is 12.2 Å². The summed E-state index contributed by atoms with van der Waals surface area (Å²) in [5.41, 5.74) is 5.89. The first-order valence-electron chi connectivity index (χ1n) is 21.3. The summed E-state index contributed by atoms with van der Waals surface area (Å²) in [6, 6.07) is 31.1. The number of likely N-dealkylation sites (tertiary alicyclic amines) is 2. The van der Waals surface area contributed by atoms with Crippen LogP contribution in [0, 0.1) is 11.3 Å². The molecule has 4 N–H and O–H groups in total. The van der Waals surface area contributed by atoms with Crippen molar-refractivity contribution in [2.45, 2.75) is 49.9 Å². The predicted molar refractivity (Wildman–Crippen MR) is 238 cm³/mol. The van der Waals surface area contributed by atoms with Crippen LogP contribution in [0.15, 0.2) is 120 Å². The maximum Gasteiger partial charge on any atom is 0.407 e. The summed E-state index contributed by atoms with van der Waals surface area (Å²) in [6.07, 6.45) is 5.05. The fourth-order valence-electron chi connectivity index (χ4n) is 8.84. The number of furan rings is 1. The Morgan fingerprint density at radius 2 is 1.37 bits per heavy atom. The van der Waals surface area contributed by atoms with E-state index in [2.05, 4.69) is 26.7 Å². The van der Waals surface area contributed by atoms with E-state index in [0.29, 0.717) is 82.4 Å². The van der Waals surface area contributed by atoms with Gasteiger partial charge in [0.25, 0.3) is 11.8 Å². The lowest BCUT2D eigenvalue weighted by molar-refractivity contribution is -0.135. The highest BCUT2D eigenvalue weighted by atomic mass is 16.5. The molecule has 65 heavy (non-hydrogen) atoms. The number of carbonyl (C=O) groups is 4. The SMILES string of the molecule is COC(=O)N[C@@H](C(=O)N1CCC[C@H]1c1nc(-c2ccc(-c3cc4cc(-c5cnc([C@@H]6CCCN6C(=O)[C@H](NC(=O)OC)c6ccccc6)[nH]5)ccc4o3)c(C#N)c2)c[nH]1)c1ccccc1. The van der Waals surface area contributed by atoms with E-state index in [1.54, 1.807) is 52.5 Å². The number of benzene rings is 4. The molecule has 16 heteroatoms. The van der Waals surface area contributed by atoms with Crippen molar-refractivity contribution in [1.82, 2.24) is 40.4 Å². The third kappa shape index (κ3) is 8.51. The van der Waals surface area contributed by atoms with Crippen molar-refractivity contribution < 1.29 is 33.1 Å². The third-order valence-corrected chi connectivity index (χ3v) is 12.1. The molecule has 0 spiro atoms.